The Morgan fingerprint density at radius 1 is 1.35 bits per heavy atom. The molecule has 0 radical (unpaired) electrons. The number of hydrogen-bond donors (Lipinski definition) is 0. The molecule has 2 nitrogen and oxygen atoms in total. The van der Waals surface area contributed by atoms with Gasteiger partial charge in [0.15, 0.2) is 0 Å². The fourth-order valence-corrected chi connectivity index (χ4v) is 3.80. The molecule has 1 heterocycles. The lowest BCUT2D eigenvalue weighted by atomic mass is 9.76. The van der Waals surface area contributed by atoms with E-state index in [1.54, 1.807) is 0 Å². The highest BCUT2D eigenvalue weighted by Crippen LogP contribution is 2.37. The van der Waals surface area contributed by atoms with Gasteiger partial charge >= 0.3 is 0 Å². The minimum absolute atomic E-state index is 0.153. The fraction of sp³-hybridized carbons (Fsp3) is 0.588. The molecule has 3 heteroatoms. The van der Waals surface area contributed by atoms with Crippen LogP contribution >= 0.6 is 11.6 Å². The van der Waals surface area contributed by atoms with Crippen LogP contribution in [0.1, 0.15) is 43.7 Å². The van der Waals surface area contributed by atoms with Gasteiger partial charge in [-0.15, -0.1) is 0 Å². The van der Waals surface area contributed by atoms with Crippen LogP contribution in [-0.4, -0.2) is 12.4 Å². The molecule has 1 aliphatic heterocycles. The number of carbonyl (C=O) groups is 1. The maximum atomic E-state index is 12.2. The van der Waals surface area contributed by atoms with Crippen LogP contribution < -0.4 is 4.74 Å². The van der Waals surface area contributed by atoms with Crippen LogP contribution in [0.3, 0.4) is 0 Å². The number of carbonyl (C=O) groups excluding carboxylic acids is 1. The number of benzene rings is 1. The Morgan fingerprint density at radius 2 is 2.20 bits per heavy atom. The molecule has 0 spiro atoms. The molecule has 1 aromatic carbocycles. The molecule has 0 bridgehead atoms. The van der Waals surface area contributed by atoms with E-state index in [9.17, 15) is 4.79 Å². The van der Waals surface area contributed by atoms with E-state index in [4.69, 9.17) is 16.3 Å². The number of hydrogen-bond acceptors (Lipinski definition) is 2. The van der Waals surface area contributed by atoms with Crippen molar-refractivity contribution in [3.05, 3.63) is 28.3 Å². The maximum Gasteiger partial charge on any atom is 0.136 e. The van der Waals surface area contributed by atoms with Crippen molar-refractivity contribution >= 4 is 17.4 Å². The predicted molar refractivity (Wildman–Crippen MR) is 80.5 cm³/mol. The van der Waals surface area contributed by atoms with Gasteiger partial charge in [-0.05, 0) is 48.4 Å². The molecule has 0 aromatic heterocycles. The van der Waals surface area contributed by atoms with Gasteiger partial charge in [0.05, 0.1) is 6.61 Å². The second kappa shape index (κ2) is 5.77. The number of ether oxygens (including phenoxy) is 1. The zero-order valence-electron chi connectivity index (χ0n) is 12.0. The molecule has 0 amide bonds. The summed E-state index contributed by atoms with van der Waals surface area (Å²) in [5, 5.41) is 0.763. The number of halogens is 1. The van der Waals surface area contributed by atoms with Crippen molar-refractivity contribution in [2.24, 2.45) is 11.8 Å². The molecule has 2 atom stereocenters. The third-order valence-electron chi connectivity index (χ3n) is 4.74. The van der Waals surface area contributed by atoms with Gasteiger partial charge in [0.25, 0.3) is 0 Å². The minimum Gasteiger partial charge on any atom is -0.493 e. The van der Waals surface area contributed by atoms with Gasteiger partial charge in [0, 0.05) is 23.8 Å². The zero-order valence-corrected chi connectivity index (χ0v) is 12.7. The van der Waals surface area contributed by atoms with Crippen LogP contribution in [0, 0.1) is 11.8 Å². The number of Topliss-reactive ketones (excluding diaryl/α,β-unsaturated/α-hetero) is 1. The maximum absolute atomic E-state index is 12.2. The average Bonchev–Trinajstić information content (AvgIpc) is 2.89. The number of fused-ring (bicyclic) bond motifs is 1. The molecule has 0 N–H and O–H groups in total. The first-order valence-electron chi connectivity index (χ1n) is 7.64. The third-order valence-corrected chi connectivity index (χ3v) is 4.96. The quantitative estimate of drug-likeness (QED) is 0.834. The minimum atomic E-state index is 0.153. The number of ketones is 1. The van der Waals surface area contributed by atoms with E-state index in [1.807, 2.05) is 12.1 Å². The Hall–Kier alpha value is -1.02. The molecular weight excluding hydrogens is 272 g/mol. The third kappa shape index (κ3) is 2.71. The summed E-state index contributed by atoms with van der Waals surface area (Å²) in [5.74, 6) is 2.26. The van der Waals surface area contributed by atoms with Crippen LogP contribution in [-0.2, 0) is 17.6 Å². The van der Waals surface area contributed by atoms with Crippen molar-refractivity contribution in [3.8, 4) is 5.75 Å². The first-order chi connectivity index (χ1) is 9.67. The Bertz CT molecular complexity index is 524. The van der Waals surface area contributed by atoms with Crippen LogP contribution in [0.15, 0.2) is 12.1 Å². The van der Waals surface area contributed by atoms with Crippen molar-refractivity contribution in [2.75, 3.05) is 6.61 Å². The Kier molecular flexibility index (Phi) is 4.02. The Labute approximate surface area is 125 Å². The Balaban J connectivity index is 1.82. The van der Waals surface area contributed by atoms with E-state index in [2.05, 4.69) is 6.92 Å². The van der Waals surface area contributed by atoms with Crippen molar-refractivity contribution in [1.29, 1.82) is 0 Å². The molecule has 108 valence electrons. The van der Waals surface area contributed by atoms with Crippen molar-refractivity contribution < 1.29 is 9.53 Å². The van der Waals surface area contributed by atoms with Crippen molar-refractivity contribution in [1.82, 2.24) is 0 Å². The van der Waals surface area contributed by atoms with Crippen LogP contribution in [0.5, 0.6) is 5.75 Å². The van der Waals surface area contributed by atoms with Gasteiger partial charge in [0.1, 0.15) is 11.5 Å². The van der Waals surface area contributed by atoms with Crippen LogP contribution in [0.25, 0.3) is 0 Å². The van der Waals surface area contributed by atoms with Crippen LogP contribution in [0.2, 0.25) is 5.02 Å². The van der Waals surface area contributed by atoms with E-state index in [-0.39, 0.29) is 5.92 Å². The second-order valence-corrected chi connectivity index (χ2v) is 6.50. The zero-order chi connectivity index (χ0) is 14.1. The van der Waals surface area contributed by atoms with Gasteiger partial charge in [-0.25, -0.2) is 0 Å². The van der Waals surface area contributed by atoms with Gasteiger partial charge in [-0.3, -0.25) is 4.79 Å². The first-order valence-corrected chi connectivity index (χ1v) is 8.02. The van der Waals surface area contributed by atoms with Crippen molar-refractivity contribution in [3.63, 3.8) is 0 Å². The van der Waals surface area contributed by atoms with Gasteiger partial charge in [-0.2, -0.15) is 0 Å². The first kappa shape index (κ1) is 13.9. The lowest BCUT2D eigenvalue weighted by molar-refractivity contribution is -0.125. The standard InChI is InChI=1S/C17H21ClO2/c1-2-11-3-4-16(19)13(7-11)8-14-10-15(18)9-12-5-6-20-17(12)14/h9-11,13H,2-8H2,1H3. The second-order valence-electron chi connectivity index (χ2n) is 6.07. The predicted octanol–water partition coefficient (Wildman–Crippen LogP) is 4.21. The summed E-state index contributed by atoms with van der Waals surface area (Å²) in [7, 11) is 0. The summed E-state index contributed by atoms with van der Waals surface area (Å²) >= 11 is 6.20. The summed E-state index contributed by atoms with van der Waals surface area (Å²) in [4.78, 5) is 12.2. The van der Waals surface area contributed by atoms with E-state index < -0.39 is 0 Å². The molecule has 0 saturated heterocycles. The molecule has 1 saturated carbocycles. The van der Waals surface area contributed by atoms with E-state index >= 15 is 0 Å². The molecule has 1 fully saturated rings. The molecule has 2 aliphatic rings. The summed E-state index contributed by atoms with van der Waals surface area (Å²) in [5.41, 5.74) is 2.32. The smallest absolute Gasteiger partial charge is 0.136 e. The van der Waals surface area contributed by atoms with E-state index in [0.29, 0.717) is 11.7 Å². The summed E-state index contributed by atoms with van der Waals surface area (Å²) in [6.07, 6.45) is 5.73. The largest absolute Gasteiger partial charge is 0.493 e. The molecule has 3 rings (SSSR count). The fourth-order valence-electron chi connectivity index (χ4n) is 3.53. The molecule has 1 aliphatic carbocycles. The number of rotatable bonds is 3. The molecular formula is C17H21ClO2. The normalized spacial score (nSPS) is 25.4. The highest BCUT2D eigenvalue weighted by Gasteiger charge is 2.29. The van der Waals surface area contributed by atoms with E-state index in [0.717, 1.165) is 55.0 Å². The topological polar surface area (TPSA) is 26.3 Å². The Morgan fingerprint density at radius 3 is 3.00 bits per heavy atom. The van der Waals surface area contributed by atoms with Gasteiger partial charge < -0.3 is 4.74 Å². The summed E-state index contributed by atoms with van der Waals surface area (Å²) in [6.45, 7) is 2.95. The average molecular weight is 293 g/mol. The lowest BCUT2D eigenvalue weighted by Gasteiger charge is -2.27. The highest BCUT2D eigenvalue weighted by atomic mass is 35.5. The monoisotopic (exact) mass is 292 g/mol. The van der Waals surface area contributed by atoms with Gasteiger partial charge in [-0.1, -0.05) is 24.9 Å². The molecule has 20 heavy (non-hydrogen) atoms. The highest BCUT2D eigenvalue weighted by molar-refractivity contribution is 6.30. The lowest BCUT2D eigenvalue weighted by Crippen LogP contribution is -2.26. The van der Waals surface area contributed by atoms with E-state index in [1.165, 1.54) is 12.0 Å². The molecule has 2 unspecified atom stereocenters. The van der Waals surface area contributed by atoms with Gasteiger partial charge in [0.2, 0.25) is 0 Å². The van der Waals surface area contributed by atoms with Crippen LogP contribution in [0.4, 0.5) is 0 Å². The molecule has 1 aromatic rings. The van der Waals surface area contributed by atoms with Crippen molar-refractivity contribution in [2.45, 2.75) is 45.4 Å². The summed E-state index contributed by atoms with van der Waals surface area (Å²) < 4.78 is 5.74. The SMILES string of the molecule is CCC1CCC(=O)C(Cc2cc(Cl)cc3c2OCC3)C1. The summed E-state index contributed by atoms with van der Waals surface area (Å²) in [6, 6.07) is 3.97.